The zero-order valence-corrected chi connectivity index (χ0v) is 18.2. The molecule has 0 radical (unpaired) electrons. The van der Waals surface area contributed by atoms with Crippen LogP contribution in [0.25, 0.3) is 0 Å². The fourth-order valence-corrected chi connectivity index (χ4v) is 3.72. The van der Waals surface area contributed by atoms with E-state index in [0.29, 0.717) is 30.2 Å². The van der Waals surface area contributed by atoms with Crippen molar-refractivity contribution < 1.29 is 40.1 Å². The lowest BCUT2D eigenvalue weighted by molar-refractivity contribution is -0.141. The van der Waals surface area contributed by atoms with Crippen LogP contribution in [0.2, 0.25) is 5.02 Å². The lowest BCUT2D eigenvalue weighted by atomic mass is 9.93. The standard InChI is InChI=1S/C23H29ClO8/c24-18-6-3-14(20(27)22(29)23(30)21(28)19(26)11-25)10-15(18)9-13-1-4-16(5-2-13)32-17-7-8-31-12-17/h1-6,10,17,19-23,25-30H,7-9,11-12H2/t17-,19+,20+,21+,22-,23-/m0/s1. The first-order chi connectivity index (χ1) is 15.3. The Bertz CT molecular complexity index is 856. The van der Waals surface area contributed by atoms with Gasteiger partial charge in [-0.15, -0.1) is 0 Å². The minimum atomic E-state index is -1.87. The molecular formula is C23H29ClO8. The summed E-state index contributed by atoms with van der Waals surface area (Å²) in [5, 5.41) is 59.4. The molecule has 3 rings (SSSR count). The van der Waals surface area contributed by atoms with Crippen LogP contribution in [0.1, 0.15) is 29.2 Å². The Labute approximate surface area is 191 Å². The summed E-state index contributed by atoms with van der Waals surface area (Å²) < 4.78 is 11.2. The van der Waals surface area contributed by atoms with Crippen LogP contribution in [0, 0.1) is 0 Å². The van der Waals surface area contributed by atoms with Crippen LogP contribution in [-0.2, 0) is 11.2 Å². The van der Waals surface area contributed by atoms with Gasteiger partial charge in [0.1, 0.15) is 42.4 Å². The zero-order chi connectivity index (χ0) is 23.3. The van der Waals surface area contributed by atoms with Crippen LogP contribution in [0.15, 0.2) is 42.5 Å². The first-order valence-corrected chi connectivity index (χ1v) is 10.8. The molecule has 0 bridgehead atoms. The quantitative estimate of drug-likeness (QED) is 0.297. The van der Waals surface area contributed by atoms with Crippen LogP contribution in [0.4, 0.5) is 0 Å². The molecule has 2 aromatic carbocycles. The normalized spacial score (nSPS) is 21.0. The number of rotatable bonds is 10. The number of hydrogen-bond donors (Lipinski definition) is 6. The Hall–Kier alpha value is -1.75. The van der Waals surface area contributed by atoms with Gasteiger partial charge >= 0.3 is 0 Å². The molecular weight excluding hydrogens is 440 g/mol. The highest BCUT2D eigenvalue weighted by Gasteiger charge is 2.34. The minimum Gasteiger partial charge on any atom is -0.488 e. The van der Waals surface area contributed by atoms with Gasteiger partial charge in [-0.3, -0.25) is 0 Å². The van der Waals surface area contributed by atoms with E-state index in [1.807, 2.05) is 24.3 Å². The molecule has 6 N–H and O–H groups in total. The van der Waals surface area contributed by atoms with E-state index < -0.39 is 37.1 Å². The van der Waals surface area contributed by atoms with Crippen LogP contribution >= 0.6 is 11.6 Å². The number of halogens is 1. The molecule has 176 valence electrons. The Morgan fingerprint density at radius 1 is 0.969 bits per heavy atom. The van der Waals surface area contributed by atoms with E-state index in [1.165, 1.54) is 6.07 Å². The highest BCUT2D eigenvalue weighted by Crippen LogP contribution is 2.28. The SMILES string of the molecule is OC[C@@H](O)[C@@H](O)[C@H](O)[C@@H](O)[C@H](O)c1ccc(Cl)c(Cc2ccc(O[C@H]3CCOC3)cc2)c1. The molecule has 0 unspecified atom stereocenters. The second-order valence-corrected chi connectivity index (χ2v) is 8.35. The van der Waals surface area contributed by atoms with Crippen molar-refractivity contribution in [3.05, 3.63) is 64.2 Å². The van der Waals surface area contributed by atoms with Gasteiger partial charge in [-0.2, -0.15) is 0 Å². The molecule has 32 heavy (non-hydrogen) atoms. The molecule has 0 aromatic heterocycles. The Kier molecular flexibility index (Phi) is 8.87. The minimum absolute atomic E-state index is 0.0623. The topological polar surface area (TPSA) is 140 Å². The summed E-state index contributed by atoms with van der Waals surface area (Å²) in [5.74, 6) is 0.750. The molecule has 2 aromatic rings. The number of hydrogen-bond acceptors (Lipinski definition) is 8. The van der Waals surface area contributed by atoms with E-state index in [-0.39, 0.29) is 11.7 Å². The molecule has 0 amide bonds. The molecule has 1 heterocycles. The highest BCUT2D eigenvalue weighted by atomic mass is 35.5. The Morgan fingerprint density at radius 2 is 1.69 bits per heavy atom. The van der Waals surface area contributed by atoms with Crippen molar-refractivity contribution in [2.24, 2.45) is 0 Å². The van der Waals surface area contributed by atoms with Crippen molar-refractivity contribution in [2.75, 3.05) is 19.8 Å². The molecule has 1 aliphatic heterocycles. The van der Waals surface area contributed by atoms with Crippen LogP contribution < -0.4 is 4.74 Å². The first kappa shape index (κ1) is 24.9. The monoisotopic (exact) mass is 468 g/mol. The van der Waals surface area contributed by atoms with E-state index in [0.717, 1.165) is 17.7 Å². The lowest BCUT2D eigenvalue weighted by Gasteiger charge is -2.28. The zero-order valence-electron chi connectivity index (χ0n) is 17.4. The molecule has 1 aliphatic rings. The lowest BCUT2D eigenvalue weighted by Crippen LogP contribution is -2.47. The van der Waals surface area contributed by atoms with Gasteiger partial charge in [0.25, 0.3) is 0 Å². The summed E-state index contributed by atoms with van der Waals surface area (Å²) >= 11 is 6.32. The number of ether oxygens (including phenoxy) is 2. The van der Waals surface area contributed by atoms with Crippen molar-refractivity contribution in [3.8, 4) is 5.75 Å². The summed E-state index contributed by atoms with van der Waals surface area (Å²) in [6.45, 7) is 0.490. The van der Waals surface area contributed by atoms with Gasteiger partial charge in [0.2, 0.25) is 0 Å². The highest BCUT2D eigenvalue weighted by molar-refractivity contribution is 6.31. The third kappa shape index (κ3) is 6.18. The summed E-state index contributed by atoms with van der Waals surface area (Å²) in [5.41, 5.74) is 1.93. The molecule has 0 spiro atoms. The Balaban J connectivity index is 1.68. The second kappa shape index (κ2) is 11.4. The molecule has 8 nitrogen and oxygen atoms in total. The number of aliphatic hydroxyl groups is 6. The maximum atomic E-state index is 10.5. The van der Waals surface area contributed by atoms with Crippen molar-refractivity contribution in [1.82, 2.24) is 0 Å². The third-order valence-electron chi connectivity index (χ3n) is 5.52. The van der Waals surface area contributed by atoms with Gasteiger partial charge in [0, 0.05) is 11.4 Å². The van der Waals surface area contributed by atoms with E-state index in [9.17, 15) is 25.5 Å². The maximum Gasteiger partial charge on any atom is 0.124 e. The average Bonchev–Trinajstić information content (AvgIpc) is 3.32. The van der Waals surface area contributed by atoms with Crippen LogP contribution in [0.5, 0.6) is 5.75 Å². The van der Waals surface area contributed by atoms with Crippen molar-refractivity contribution >= 4 is 11.6 Å². The smallest absolute Gasteiger partial charge is 0.124 e. The largest absolute Gasteiger partial charge is 0.488 e. The van der Waals surface area contributed by atoms with Crippen LogP contribution in [0.3, 0.4) is 0 Å². The summed E-state index contributed by atoms with van der Waals surface area (Å²) in [6.07, 6.45) is -7.31. The van der Waals surface area contributed by atoms with E-state index in [1.54, 1.807) is 12.1 Å². The molecule has 6 atom stereocenters. The van der Waals surface area contributed by atoms with Gasteiger partial charge in [-0.05, 0) is 41.3 Å². The predicted octanol–water partition coefficient (Wildman–Crippen LogP) is 0.568. The summed E-state index contributed by atoms with van der Waals surface area (Å²) in [4.78, 5) is 0. The maximum absolute atomic E-state index is 10.5. The van der Waals surface area contributed by atoms with Gasteiger partial charge in [-0.1, -0.05) is 35.9 Å². The van der Waals surface area contributed by atoms with Gasteiger partial charge in [-0.25, -0.2) is 0 Å². The number of benzene rings is 2. The average molecular weight is 469 g/mol. The summed E-state index contributed by atoms with van der Waals surface area (Å²) in [7, 11) is 0. The molecule has 1 fully saturated rings. The van der Waals surface area contributed by atoms with Gasteiger partial charge in [0.05, 0.1) is 19.8 Å². The molecule has 1 saturated heterocycles. The fraction of sp³-hybridized carbons (Fsp3) is 0.478. The third-order valence-corrected chi connectivity index (χ3v) is 5.89. The fourth-order valence-electron chi connectivity index (χ4n) is 3.54. The van der Waals surface area contributed by atoms with Crippen molar-refractivity contribution in [1.29, 1.82) is 0 Å². The van der Waals surface area contributed by atoms with Gasteiger partial charge in [0.15, 0.2) is 0 Å². The first-order valence-electron chi connectivity index (χ1n) is 10.4. The summed E-state index contributed by atoms with van der Waals surface area (Å²) in [6, 6.07) is 12.2. The number of aliphatic hydroxyl groups excluding tert-OH is 6. The molecule has 9 heteroatoms. The van der Waals surface area contributed by atoms with Gasteiger partial charge < -0.3 is 40.1 Å². The van der Waals surface area contributed by atoms with E-state index in [4.69, 9.17) is 26.2 Å². The van der Waals surface area contributed by atoms with Crippen LogP contribution in [-0.4, -0.2) is 81.0 Å². The second-order valence-electron chi connectivity index (χ2n) is 7.94. The van der Waals surface area contributed by atoms with E-state index in [2.05, 4.69) is 0 Å². The van der Waals surface area contributed by atoms with Crippen molar-refractivity contribution in [3.63, 3.8) is 0 Å². The molecule has 0 saturated carbocycles. The predicted molar refractivity (Wildman–Crippen MR) is 117 cm³/mol. The van der Waals surface area contributed by atoms with E-state index >= 15 is 0 Å². The Morgan fingerprint density at radius 3 is 2.31 bits per heavy atom. The van der Waals surface area contributed by atoms with Crippen molar-refractivity contribution in [2.45, 2.75) is 49.5 Å². The molecule has 0 aliphatic carbocycles.